The number of aromatic nitrogens is 1. The van der Waals surface area contributed by atoms with Gasteiger partial charge in [-0.1, -0.05) is 6.92 Å². The van der Waals surface area contributed by atoms with E-state index in [1.54, 1.807) is 18.3 Å². The minimum atomic E-state index is -0.157. The van der Waals surface area contributed by atoms with Gasteiger partial charge in [0.15, 0.2) is 11.5 Å². The third kappa shape index (κ3) is 3.59. The number of benzene rings is 1. The van der Waals surface area contributed by atoms with Gasteiger partial charge in [-0.05, 0) is 43.0 Å². The normalized spacial score (nSPS) is 17.0. The van der Waals surface area contributed by atoms with Gasteiger partial charge in [0.05, 0.1) is 0 Å². The Kier molecular flexibility index (Phi) is 4.65. The zero-order valence-electron chi connectivity index (χ0n) is 14.9. The molecule has 1 fully saturated rings. The number of piperidine rings is 1. The smallest absolute Gasteiger partial charge is 0.255 e. The molecule has 0 bridgehead atoms. The van der Waals surface area contributed by atoms with Crippen molar-refractivity contribution in [3.8, 4) is 11.5 Å². The minimum absolute atomic E-state index is 0.157. The molecule has 136 valence electrons. The van der Waals surface area contributed by atoms with Crippen LogP contribution in [0.3, 0.4) is 0 Å². The molecule has 0 radical (unpaired) electrons. The molecular formula is C20H23N3O3. The summed E-state index contributed by atoms with van der Waals surface area (Å²) in [5, 5.41) is 2.92. The molecule has 26 heavy (non-hydrogen) atoms. The van der Waals surface area contributed by atoms with Crippen LogP contribution in [0.5, 0.6) is 11.5 Å². The van der Waals surface area contributed by atoms with Gasteiger partial charge in [-0.25, -0.2) is 4.98 Å². The predicted molar refractivity (Wildman–Crippen MR) is 100 cm³/mol. The number of nitrogens with one attached hydrogen (secondary N) is 1. The summed E-state index contributed by atoms with van der Waals surface area (Å²) < 4.78 is 11.1. The Balaban J connectivity index is 1.47. The summed E-state index contributed by atoms with van der Waals surface area (Å²) in [6, 6.07) is 9.03. The van der Waals surface area contributed by atoms with E-state index in [0.29, 0.717) is 36.0 Å². The monoisotopic (exact) mass is 353 g/mol. The molecule has 6 nitrogen and oxygen atoms in total. The first-order chi connectivity index (χ1) is 12.7. The van der Waals surface area contributed by atoms with Gasteiger partial charge in [0.1, 0.15) is 19.0 Å². The van der Waals surface area contributed by atoms with Crippen molar-refractivity contribution in [1.29, 1.82) is 0 Å². The van der Waals surface area contributed by atoms with E-state index in [4.69, 9.17) is 9.47 Å². The lowest BCUT2D eigenvalue weighted by Crippen LogP contribution is -2.33. The van der Waals surface area contributed by atoms with Crippen molar-refractivity contribution in [2.24, 2.45) is 5.92 Å². The van der Waals surface area contributed by atoms with E-state index in [1.165, 1.54) is 0 Å². The number of nitrogens with zero attached hydrogens (tertiary/aromatic N) is 2. The molecule has 1 aromatic heterocycles. The Bertz CT molecular complexity index is 801. The zero-order valence-corrected chi connectivity index (χ0v) is 14.9. The number of anilines is 2. The SMILES string of the molecule is CC1CCN(c2cc(C(=O)Nc3ccc4c(c3)OCCO4)ccn2)CC1. The molecule has 0 spiro atoms. The van der Waals surface area contributed by atoms with Gasteiger partial charge in [0.2, 0.25) is 0 Å². The van der Waals surface area contributed by atoms with E-state index in [1.807, 2.05) is 18.2 Å². The number of amides is 1. The van der Waals surface area contributed by atoms with Crippen molar-refractivity contribution in [3.05, 3.63) is 42.1 Å². The second kappa shape index (κ2) is 7.23. The lowest BCUT2D eigenvalue weighted by molar-refractivity contribution is 0.102. The van der Waals surface area contributed by atoms with Crippen LogP contribution in [-0.2, 0) is 0 Å². The standard InChI is InChI=1S/C20H23N3O3/c1-14-5-8-23(9-6-14)19-12-15(4-7-21-19)20(24)22-16-2-3-17-18(13-16)26-11-10-25-17/h2-4,7,12-14H,5-6,8-11H2,1H3,(H,22,24). The summed E-state index contributed by atoms with van der Waals surface area (Å²) >= 11 is 0. The molecule has 3 heterocycles. The third-order valence-corrected chi connectivity index (χ3v) is 4.92. The van der Waals surface area contributed by atoms with Crippen molar-refractivity contribution in [3.63, 3.8) is 0 Å². The highest BCUT2D eigenvalue weighted by Crippen LogP contribution is 2.32. The van der Waals surface area contributed by atoms with Crippen LogP contribution in [0.1, 0.15) is 30.1 Å². The van der Waals surface area contributed by atoms with E-state index in [2.05, 4.69) is 22.1 Å². The van der Waals surface area contributed by atoms with Crippen LogP contribution >= 0.6 is 0 Å². The quantitative estimate of drug-likeness (QED) is 0.917. The molecule has 2 aliphatic rings. The second-order valence-corrected chi connectivity index (χ2v) is 6.88. The fourth-order valence-electron chi connectivity index (χ4n) is 3.29. The number of carbonyl (C=O) groups is 1. The van der Waals surface area contributed by atoms with Crippen LogP contribution in [0.4, 0.5) is 11.5 Å². The maximum atomic E-state index is 12.6. The van der Waals surface area contributed by atoms with Gasteiger partial charge in [-0.3, -0.25) is 4.79 Å². The summed E-state index contributed by atoms with van der Waals surface area (Å²) in [6.45, 7) is 5.32. The molecular weight excluding hydrogens is 330 g/mol. The van der Waals surface area contributed by atoms with Gasteiger partial charge in [0.25, 0.3) is 5.91 Å². The second-order valence-electron chi connectivity index (χ2n) is 6.88. The Morgan fingerprint density at radius 3 is 2.69 bits per heavy atom. The van der Waals surface area contributed by atoms with Crippen molar-refractivity contribution in [1.82, 2.24) is 4.98 Å². The summed E-state index contributed by atoms with van der Waals surface area (Å²) in [5.74, 6) is 2.84. The number of pyridine rings is 1. The Morgan fingerprint density at radius 2 is 1.88 bits per heavy atom. The van der Waals surface area contributed by atoms with Crippen LogP contribution in [0.25, 0.3) is 0 Å². The van der Waals surface area contributed by atoms with Crippen LogP contribution < -0.4 is 19.7 Å². The molecule has 4 rings (SSSR count). The summed E-state index contributed by atoms with van der Waals surface area (Å²) in [7, 11) is 0. The maximum absolute atomic E-state index is 12.6. The zero-order chi connectivity index (χ0) is 17.9. The maximum Gasteiger partial charge on any atom is 0.255 e. The number of fused-ring (bicyclic) bond motifs is 1. The molecule has 1 aromatic carbocycles. The van der Waals surface area contributed by atoms with Gasteiger partial charge in [-0.15, -0.1) is 0 Å². The first kappa shape index (κ1) is 16.7. The van der Waals surface area contributed by atoms with Crippen molar-refractivity contribution >= 4 is 17.4 Å². The highest BCUT2D eigenvalue weighted by atomic mass is 16.6. The molecule has 2 aliphatic heterocycles. The summed E-state index contributed by atoms with van der Waals surface area (Å²) in [6.07, 6.45) is 4.02. The first-order valence-corrected chi connectivity index (χ1v) is 9.11. The van der Waals surface area contributed by atoms with E-state index in [0.717, 1.165) is 37.7 Å². The Labute approximate surface area is 153 Å². The lowest BCUT2D eigenvalue weighted by atomic mass is 9.99. The van der Waals surface area contributed by atoms with E-state index < -0.39 is 0 Å². The van der Waals surface area contributed by atoms with Crippen LogP contribution in [0, 0.1) is 5.92 Å². The minimum Gasteiger partial charge on any atom is -0.486 e. The number of hydrogen-bond donors (Lipinski definition) is 1. The highest BCUT2D eigenvalue weighted by Gasteiger charge is 2.18. The molecule has 0 aliphatic carbocycles. The largest absolute Gasteiger partial charge is 0.486 e. The predicted octanol–water partition coefficient (Wildman–Crippen LogP) is 3.34. The molecule has 0 saturated carbocycles. The highest BCUT2D eigenvalue weighted by molar-refractivity contribution is 6.04. The number of rotatable bonds is 3. The summed E-state index contributed by atoms with van der Waals surface area (Å²) in [5.41, 5.74) is 1.29. The molecule has 1 amide bonds. The number of ether oxygens (including phenoxy) is 2. The van der Waals surface area contributed by atoms with Gasteiger partial charge < -0.3 is 19.7 Å². The molecule has 1 saturated heterocycles. The molecule has 0 unspecified atom stereocenters. The molecule has 2 aromatic rings. The van der Waals surface area contributed by atoms with Gasteiger partial charge >= 0.3 is 0 Å². The lowest BCUT2D eigenvalue weighted by Gasteiger charge is -2.31. The summed E-state index contributed by atoms with van der Waals surface area (Å²) in [4.78, 5) is 19.3. The average molecular weight is 353 g/mol. The van der Waals surface area contributed by atoms with Crippen molar-refractivity contribution < 1.29 is 14.3 Å². The van der Waals surface area contributed by atoms with Crippen LogP contribution in [0.15, 0.2) is 36.5 Å². The average Bonchev–Trinajstić information content (AvgIpc) is 2.68. The molecule has 1 N–H and O–H groups in total. The number of carbonyl (C=O) groups excluding carboxylic acids is 1. The third-order valence-electron chi connectivity index (χ3n) is 4.92. The fraction of sp³-hybridized carbons (Fsp3) is 0.400. The first-order valence-electron chi connectivity index (χ1n) is 9.11. The Hall–Kier alpha value is -2.76. The van der Waals surface area contributed by atoms with Crippen molar-refractivity contribution in [2.75, 3.05) is 36.5 Å². The fourth-order valence-corrected chi connectivity index (χ4v) is 3.29. The van der Waals surface area contributed by atoms with Crippen LogP contribution in [-0.4, -0.2) is 37.2 Å². The number of hydrogen-bond acceptors (Lipinski definition) is 5. The van der Waals surface area contributed by atoms with Crippen LogP contribution in [0.2, 0.25) is 0 Å². The van der Waals surface area contributed by atoms with E-state index in [9.17, 15) is 4.79 Å². The topological polar surface area (TPSA) is 63.7 Å². The molecule has 6 heteroatoms. The molecule has 0 atom stereocenters. The van der Waals surface area contributed by atoms with E-state index >= 15 is 0 Å². The van der Waals surface area contributed by atoms with E-state index in [-0.39, 0.29) is 5.91 Å². The van der Waals surface area contributed by atoms with Crippen molar-refractivity contribution in [2.45, 2.75) is 19.8 Å². The van der Waals surface area contributed by atoms with Gasteiger partial charge in [-0.2, -0.15) is 0 Å². The Morgan fingerprint density at radius 1 is 1.12 bits per heavy atom. The van der Waals surface area contributed by atoms with Gasteiger partial charge in [0, 0.05) is 36.6 Å².